The molecule has 0 fully saturated rings. The third-order valence-electron chi connectivity index (χ3n) is 3.34. The average molecular weight is 353 g/mol. The van der Waals surface area contributed by atoms with Crippen molar-refractivity contribution >= 4 is 27.5 Å². The molecule has 0 aliphatic carbocycles. The second kappa shape index (κ2) is 7.82. The number of halogens is 2. The third-order valence-corrected chi connectivity index (χ3v) is 4.11. The summed E-state index contributed by atoms with van der Waals surface area (Å²) in [5.41, 5.74) is 2.67. The highest BCUT2D eigenvalue weighted by molar-refractivity contribution is 9.10. The van der Waals surface area contributed by atoms with Crippen LogP contribution in [0, 0.1) is 5.92 Å². The fourth-order valence-electron chi connectivity index (χ4n) is 2.46. The van der Waals surface area contributed by atoms with Crippen molar-refractivity contribution in [2.45, 2.75) is 12.8 Å². The Morgan fingerprint density at radius 3 is 2.40 bits per heavy atom. The van der Waals surface area contributed by atoms with Crippen molar-refractivity contribution in [1.29, 1.82) is 0 Å². The average Bonchev–Trinajstić information content (AvgIpc) is 2.42. The van der Waals surface area contributed by atoms with Crippen molar-refractivity contribution in [2.24, 2.45) is 5.92 Å². The highest BCUT2D eigenvalue weighted by atomic mass is 79.9. The minimum Gasteiger partial charge on any atom is -0.319 e. The molecule has 0 saturated heterocycles. The molecule has 0 aliphatic heterocycles. The first-order valence-electron chi connectivity index (χ1n) is 6.81. The van der Waals surface area contributed by atoms with Gasteiger partial charge in [-0.2, -0.15) is 0 Å². The predicted molar refractivity (Wildman–Crippen MR) is 90.4 cm³/mol. The van der Waals surface area contributed by atoms with Crippen molar-refractivity contribution in [3.63, 3.8) is 0 Å². The van der Waals surface area contributed by atoms with Crippen molar-refractivity contribution < 1.29 is 0 Å². The monoisotopic (exact) mass is 351 g/mol. The molecule has 106 valence electrons. The maximum Gasteiger partial charge on any atom is 0.0408 e. The van der Waals surface area contributed by atoms with Crippen LogP contribution >= 0.6 is 27.5 Å². The lowest BCUT2D eigenvalue weighted by Gasteiger charge is -2.17. The quantitative estimate of drug-likeness (QED) is 0.793. The van der Waals surface area contributed by atoms with Gasteiger partial charge in [-0.3, -0.25) is 0 Å². The third kappa shape index (κ3) is 4.93. The molecule has 0 aromatic heterocycles. The summed E-state index contributed by atoms with van der Waals surface area (Å²) in [6.45, 7) is 1.00. The second-order valence-corrected chi connectivity index (χ2v) is 6.44. The lowest BCUT2D eigenvalue weighted by Crippen LogP contribution is -2.22. The van der Waals surface area contributed by atoms with E-state index in [4.69, 9.17) is 11.6 Å². The van der Waals surface area contributed by atoms with Crippen LogP contribution in [0.15, 0.2) is 53.0 Å². The molecule has 0 amide bonds. The molecule has 0 saturated carbocycles. The lowest BCUT2D eigenvalue weighted by atomic mass is 9.92. The Kier molecular flexibility index (Phi) is 6.08. The van der Waals surface area contributed by atoms with E-state index >= 15 is 0 Å². The molecule has 1 nitrogen and oxygen atoms in total. The van der Waals surface area contributed by atoms with E-state index < -0.39 is 0 Å². The minimum atomic E-state index is 0.569. The summed E-state index contributed by atoms with van der Waals surface area (Å²) >= 11 is 9.54. The van der Waals surface area contributed by atoms with Gasteiger partial charge in [0.15, 0.2) is 0 Å². The lowest BCUT2D eigenvalue weighted by molar-refractivity contribution is 0.493. The van der Waals surface area contributed by atoms with Crippen molar-refractivity contribution in [3.8, 4) is 0 Å². The maximum absolute atomic E-state index is 6.06. The molecular formula is C17H19BrClN. The van der Waals surface area contributed by atoms with E-state index in [-0.39, 0.29) is 0 Å². The van der Waals surface area contributed by atoms with Crippen LogP contribution in [0.4, 0.5) is 0 Å². The van der Waals surface area contributed by atoms with Crippen LogP contribution in [0.5, 0.6) is 0 Å². The molecule has 1 unspecified atom stereocenters. The molecule has 0 heterocycles. The summed E-state index contributed by atoms with van der Waals surface area (Å²) in [7, 11) is 2.01. The Morgan fingerprint density at radius 1 is 1.05 bits per heavy atom. The predicted octanol–water partition coefficient (Wildman–Crippen LogP) is 4.72. The van der Waals surface area contributed by atoms with Gasteiger partial charge in [-0.25, -0.2) is 0 Å². The van der Waals surface area contributed by atoms with Gasteiger partial charge in [0.05, 0.1) is 0 Å². The summed E-state index contributed by atoms with van der Waals surface area (Å²) in [6.07, 6.45) is 2.11. The number of nitrogens with one attached hydrogen (secondary N) is 1. The zero-order valence-corrected chi connectivity index (χ0v) is 13.9. The van der Waals surface area contributed by atoms with Crippen molar-refractivity contribution in [2.75, 3.05) is 13.6 Å². The van der Waals surface area contributed by atoms with Crippen LogP contribution in [-0.2, 0) is 12.8 Å². The molecule has 2 aromatic rings. The van der Waals surface area contributed by atoms with Crippen LogP contribution in [-0.4, -0.2) is 13.6 Å². The van der Waals surface area contributed by atoms with E-state index in [1.165, 1.54) is 11.1 Å². The first-order valence-corrected chi connectivity index (χ1v) is 7.98. The largest absolute Gasteiger partial charge is 0.319 e. The molecule has 20 heavy (non-hydrogen) atoms. The molecule has 2 rings (SSSR count). The van der Waals surface area contributed by atoms with E-state index in [1.54, 1.807) is 0 Å². The first-order chi connectivity index (χ1) is 9.67. The first kappa shape index (κ1) is 15.6. The molecular weight excluding hydrogens is 334 g/mol. The van der Waals surface area contributed by atoms with E-state index in [0.29, 0.717) is 5.92 Å². The van der Waals surface area contributed by atoms with Gasteiger partial charge in [-0.15, -0.1) is 0 Å². The Bertz CT molecular complexity index is 539. The maximum atomic E-state index is 6.06. The fourth-order valence-corrected chi connectivity index (χ4v) is 2.93. The molecule has 3 heteroatoms. The number of hydrogen-bond acceptors (Lipinski definition) is 1. The zero-order chi connectivity index (χ0) is 14.4. The topological polar surface area (TPSA) is 12.0 Å². The molecule has 0 aliphatic rings. The van der Waals surface area contributed by atoms with Gasteiger partial charge < -0.3 is 5.32 Å². The van der Waals surface area contributed by atoms with Gasteiger partial charge in [0, 0.05) is 9.50 Å². The molecule has 0 spiro atoms. The summed E-state index contributed by atoms with van der Waals surface area (Å²) in [4.78, 5) is 0. The van der Waals surface area contributed by atoms with Gasteiger partial charge in [-0.1, -0.05) is 51.8 Å². The summed E-state index contributed by atoms with van der Waals surface area (Å²) < 4.78 is 1.13. The van der Waals surface area contributed by atoms with Crippen LogP contribution in [0.1, 0.15) is 11.1 Å². The Hall–Kier alpha value is -0.830. The Labute approximate surface area is 134 Å². The summed E-state index contributed by atoms with van der Waals surface area (Å²) in [5, 5.41) is 4.11. The van der Waals surface area contributed by atoms with Crippen molar-refractivity contribution in [3.05, 3.63) is 69.2 Å². The van der Waals surface area contributed by atoms with E-state index in [1.807, 2.05) is 19.2 Å². The van der Waals surface area contributed by atoms with Gasteiger partial charge in [0.25, 0.3) is 0 Å². The van der Waals surface area contributed by atoms with Gasteiger partial charge in [0.1, 0.15) is 0 Å². The van der Waals surface area contributed by atoms with Crippen LogP contribution in [0.25, 0.3) is 0 Å². The molecule has 0 radical (unpaired) electrons. The highest BCUT2D eigenvalue weighted by Crippen LogP contribution is 2.19. The van der Waals surface area contributed by atoms with Crippen LogP contribution < -0.4 is 5.32 Å². The fraction of sp³-hybridized carbons (Fsp3) is 0.294. The van der Waals surface area contributed by atoms with Gasteiger partial charge in [0.2, 0.25) is 0 Å². The van der Waals surface area contributed by atoms with Crippen molar-refractivity contribution in [1.82, 2.24) is 5.32 Å². The van der Waals surface area contributed by atoms with E-state index in [0.717, 1.165) is 28.9 Å². The molecule has 0 bridgehead atoms. The second-order valence-electron chi connectivity index (χ2n) is 5.09. The van der Waals surface area contributed by atoms with Crippen LogP contribution in [0.2, 0.25) is 5.02 Å². The van der Waals surface area contributed by atoms with E-state index in [9.17, 15) is 0 Å². The molecule has 1 N–H and O–H groups in total. The highest BCUT2D eigenvalue weighted by Gasteiger charge is 2.10. The minimum absolute atomic E-state index is 0.569. The van der Waals surface area contributed by atoms with Gasteiger partial charge in [-0.05, 0) is 67.7 Å². The SMILES string of the molecule is CNCC(Cc1ccc(Br)cc1)Cc1cccc(Cl)c1. The summed E-state index contributed by atoms with van der Waals surface area (Å²) in [5.74, 6) is 0.569. The molecule has 1 atom stereocenters. The zero-order valence-electron chi connectivity index (χ0n) is 11.6. The Balaban J connectivity index is 2.05. The van der Waals surface area contributed by atoms with Gasteiger partial charge >= 0.3 is 0 Å². The van der Waals surface area contributed by atoms with E-state index in [2.05, 4.69) is 57.6 Å². The van der Waals surface area contributed by atoms with Crippen LogP contribution in [0.3, 0.4) is 0 Å². The number of rotatable bonds is 6. The number of hydrogen-bond donors (Lipinski definition) is 1. The Morgan fingerprint density at radius 2 is 1.75 bits per heavy atom. The smallest absolute Gasteiger partial charge is 0.0408 e. The standard InChI is InChI=1S/C17H19BrClN/c1-20-12-15(9-13-5-7-16(18)8-6-13)10-14-3-2-4-17(19)11-14/h2-8,11,15,20H,9-10,12H2,1H3. The normalized spacial score (nSPS) is 12.3. The summed E-state index contributed by atoms with van der Waals surface area (Å²) in [6, 6.07) is 16.7. The molecule has 2 aromatic carbocycles. The number of benzene rings is 2.